The molecule has 1 atom stereocenters. The maximum Gasteiger partial charge on any atom is 0.126 e. The number of alkyl halides is 1. The van der Waals surface area contributed by atoms with E-state index < -0.39 is 17.8 Å². The van der Waals surface area contributed by atoms with Gasteiger partial charge in [-0.15, -0.1) is 0 Å². The minimum atomic E-state index is -0.686. The molecule has 0 spiro atoms. The van der Waals surface area contributed by atoms with Crippen LogP contribution in [0.3, 0.4) is 0 Å². The molecule has 1 aromatic carbocycles. The van der Waals surface area contributed by atoms with Crippen molar-refractivity contribution < 1.29 is 13.2 Å². The van der Waals surface area contributed by atoms with Crippen LogP contribution in [0.2, 0.25) is 0 Å². The molecule has 0 bridgehead atoms. The van der Waals surface area contributed by atoms with Gasteiger partial charge < -0.3 is 5.01 Å². The van der Waals surface area contributed by atoms with Crippen molar-refractivity contribution in [1.82, 2.24) is 15.3 Å². The van der Waals surface area contributed by atoms with Gasteiger partial charge in [0.25, 0.3) is 0 Å². The minimum absolute atomic E-state index is 0.0579. The first-order valence-corrected chi connectivity index (χ1v) is 8.40. The first-order chi connectivity index (χ1) is 11.4. The van der Waals surface area contributed by atoms with Gasteiger partial charge in [-0.1, -0.05) is 0 Å². The summed E-state index contributed by atoms with van der Waals surface area (Å²) < 4.78 is 40.5. The highest BCUT2D eigenvalue weighted by Gasteiger charge is 2.35. The average Bonchev–Trinajstić information content (AvgIpc) is 2.72. The molecule has 24 heavy (non-hydrogen) atoms. The third-order valence-electron chi connectivity index (χ3n) is 5.14. The largest absolute Gasteiger partial charge is 0.307 e. The lowest BCUT2D eigenvalue weighted by Gasteiger charge is -2.34. The van der Waals surface area contributed by atoms with Crippen LogP contribution < -0.4 is 5.32 Å². The molecule has 1 unspecified atom stereocenters. The summed E-state index contributed by atoms with van der Waals surface area (Å²) >= 11 is 0. The number of nitrogens with one attached hydrogen (secondary N) is 1. The van der Waals surface area contributed by atoms with Crippen LogP contribution in [0, 0.1) is 11.6 Å². The molecule has 3 rings (SSSR count). The Morgan fingerprint density at radius 1 is 1.00 bits per heavy atom. The van der Waals surface area contributed by atoms with E-state index in [1.54, 1.807) is 0 Å². The van der Waals surface area contributed by atoms with E-state index in [1.165, 1.54) is 12.1 Å². The van der Waals surface area contributed by atoms with Crippen LogP contribution in [-0.4, -0.2) is 42.5 Å². The van der Waals surface area contributed by atoms with Gasteiger partial charge in [0.15, 0.2) is 0 Å². The van der Waals surface area contributed by atoms with Crippen LogP contribution in [0.4, 0.5) is 13.2 Å². The molecule has 1 saturated carbocycles. The number of rotatable bonds is 3. The predicted molar refractivity (Wildman–Crippen MR) is 88.6 cm³/mol. The van der Waals surface area contributed by atoms with Gasteiger partial charge in [0.2, 0.25) is 0 Å². The van der Waals surface area contributed by atoms with Crippen molar-refractivity contribution >= 4 is 5.70 Å². The van der Waals surface area contributed by atoms with Crippen LogP contribution >= 0.6 is 0 Å². The summed E-state index contributed by atoms with van der Waals surface area (Å²) in [4.78, 5) is 0. The molecule has 1 heterocycles. The smallest absolute Gasteiger partial charge is 0.126 e. The second-order valence-corrected chi connectivity index (χ2v) is 6.81. The highest BCUT2D eigenvalue weighted by Crippen LogP contribution is 2.34. The van der Waals surface area contributed by atoms with Crippen LogP contribution in [0.15, 0.2) is 23.8 Å². The molecule has 1 N–H and O–H groups in total. The molecular weight excluding hydrogens is 315 g/mol. The normalized spacial score (nSPS) is 28.8. The molecule has 2 aliphatic rings. The van der Waals surface area contributed by atoms with Crippen LogP contribution in [0.25, 0.3) is 5.70 Å². The predicted octanol–water partition coefficient (Wildman–Crippen LogP) is 3.68. The Bertz CT molecular complexity index is 618. The summed E-state index contributed by atoms with van der Waals surface area (Å²) in [6.07, 6.45) is 2.06. The lowest BCUT2D eigenvalue weighted by atomic mass is 9.93. The van der Waals surface area contributed by atoms with Crippen LogP contribution in [-0.2, 0) is 0 Å². The fourth-order valence-corrected chi connectivity index (χ4v) is 3.78. The average molecular weight is 339 g/mol. The van der Waals surface area contributed by atoms with Crippen molar-refractivity contribution in [3.63, 3.8) is 0 Å². The van der Waals surface area contributed by atoms with Gasteiger partial charge in [-0.05, 0) is 50.3 Å². The van der Waals surface area contributed by atoms with E-state index in [-0.39, 0.29) is 12.2 Å². The van der Waals surface area contributed by atoms with E-state index in [9.17, 15) is 13.2 Å². The molecule has 0 aromatic heterocycles. The number of hydrazine groups is 1. The topological polar surface area (TPSA) is 18.5 Å². The molecule has 1 aromatic rings. The van der Waals surface area contributed by atoms with Gasteiger partial charge in [0.05, 0.1) is 5.70 Å². The zero-order chi connectivity index (χ0) is 17.4. The Labute approximate surface area is 141 Å². The monoisotopic (exact) mass is 339 g/mol. The number of likely N-dealkylation sites (N-methyl/N-ethyl adjacent to an activating group) is 1. The summed E-state index contributed by atoms with van der Waals surface area (Å²) in [5, 5.41) is 7.48. The number of nitrogens with zero attached hydrogens (tertiary/aromatic N) is 2. The third kappa shape index (κ3) is 3.30. The van der Waals surface area contributed by atoms with E-state index in [4.69, 9.17) is 0 Å². The maximum absolute atomic E-state index is 13.6. The molecule has 132 valence electrons. The third-order valence-corrected chi connectivity index (χ3v) is 5.14. The van der Waals surface area contributed by atoms with Gasteiger partial charge in [-0.2, -0.15) is 0 Å². The molecule has 1 aliphatic heterocycles. The van der Waals surface area contributed by atoms with E-state index in [0.29, 0.717) is 18.4 Å². The van der Waals surface area contributed by atoms with E-state index in [0.717, 1.165) is 30.2 Å². The van der Waals surface area contributed by atoms with E-state index in [2.05, 4.69) is 5.32 Å². The van der Waals surface area contributed by atoms with Crippen molar-refractivity contribution in [3.05, 3.63) is 41.0 Å². The Balaban J connectivity index is 1.84. The summed E-state index contributed by atoms with van der Waals surface area (Å²) in [6, 6.07) is 3.84. The van der Waals surface area contributed by atoms with Crippen molar-refractivity contribution in [1.29, 1.82) is 0 Å². The number of hydrogen-bond donors (Lipinski definition) is 1. The number of hydrogen-bond acceptors (Lipinski definition) is 3. The Kier molecular flexibility index (Phi) is 4.88. The molecule has 0 radical (unpaired) electrons. The van der Waals surface area contributed by atoms with Gasteiger partial charge in [-0.3, -0.25) is 5.32 Å². The van der Waals surface area contributed by atoms with Crippen LogP contribution in [0.1, 0.15) is 38.2 Å². The summed E-state index contributed by atoms with van der Waals surface area (Å²) in [7, 11) is 3.81. The van der Waals surface area contributed by atoms with Crippen molar-refractivity contribution in [3.8, 4) is 0 Å². The summed E-state index contributed by atoms with van der Waals surface area (Å²) in [6.45, 7) is 1.97. The van der Waals surface area contributed by atoms with E-state index >= 15 is 0 Å². The first-order valence-electron chi connectivity index (χ1n) is 8.40. The minimum Gasteiger partial charge on any atom is -0.307 e. The highest BCUT2D eigenvalue weighted by atomic mass is 19.1. The number of benzene rings is 1. The van der Waals surface area contributed by atoms with Crippen molar-refractivity contribution in [2.45, 2.75) is 51.0 Å². The van der Waals surface area contributed by atoms with Crippen molar-refractivity contribution in [2.75, 3.05) is 14.1 Å². The Morgan fingerprint density at radius 2 is 1.58 bits per heavy atom. The molecule has 6 heteroatoms. The molecule has 1 fully saturated rings. The molecule has 0 saturated heterocycles. The van der Waals surface area contributed by atoms with Crippen molar-refractivity contribution in [2.24, 2.45) is 0 Å². The lowest BCUT2D eigenvalue weighted by Crippen LogP contribution is -2.50. The molecule has 1 aliphatic carbocycles. The zero-order valence-corrected chi connectivity index (χ0v) is 14.3. The Hall–Kier alpha value is -1.53. The fourth-order valence-electron chi connectivity index (χ4n) is 3.78. The van der Waals surface area contributed by atoms with Gasteiger partial charge in [0.1, 0.15) is 24.0 Å². The number of halogens is 3. The molecular formula is C18H24F3N3. The standard InChI is InChI=1S/C18H24F3N3/c1-11-17(12-8-14(20)10-15(21)9-12)23(2)24(3)18(11)22-16-6-4-13(19)5-7-16/h8-10,13,16,18,22H,4-7H2,1-3H3. The molecule has 3 nitrogen and oxygen atoms in total. The SMILES string of the molecule is CC1=C(c2cc(F)cc(F)c2)N(C)N(C)C1NC1CCC(F)CC1. The van der Waals surface area contributed by atoms with Gasteiger partial charge in [-0.25, -0.2) is 18.2 Å². The second-order valence-electron chi connectivity index (χ2n) is 6.81. The fraction of sp³-hybridized carbons (Fsp3) is 0.556. The summed E-state index contributed by atoms with van der Waals surface area (Å²) in [5.74, 6) is -1.17. The van der Waals surface area contributed by atoms with E-state index in [1.807, 2.05) is 31.0 Å². The second kappa shape index (κ2) is 6.76. The van der Waals surface area contributed by atoms with Crippen LogP contribution in [0.5, 0.6) is 0 Å². The highest BCUT2D eigenvalue weighted by molar-refractivity contribution is 5.69. The summed E-state index contributed by atoms with van der Waals surface area (Å²) in [5.41, 5.74) is 2.33. The quantitative estimate of drug-likeness (QED) is 0.906. The zero-order valence-electron chi connectivity index (χ0n) is 14.3. The Morgan fingerprint density at radius 3 is 2.17 bits per heavy atom. The lowest BCUT2D eigenvalue weighted by molar-refractivity contribution is 0.0541. The van der Waals surface area contributed by atoms with Gasteiger partial charge in [0, 0.05) is 31.8 Å². The molecule has 0 amide bonds. The first kappa shape index (κ1) is 17.3. The maximum atomic E-state index is 13.6. The van der Waals surface area contributed by atoms with Gasteiger partial charge >= 0.3 is 0 Å².